The van der Waals surface area contributed by atoms with Gasteiger partial charge < -0.3 is 35.5 Å². The molecular weight excluding hydrogens is 608 g/mol. The second-order valence-electron chi connectivity index (χ2n) is 12.7. The normalized spacial score (nSPS) is 14.6. The Bertz CT molecular complexity index is 1700. The summed E-state index contributed by atoms with van der Waals surface area (Å²) in [6.45, 7) is 7.41. The third-order valence-electron chi connectivity index (χ3n) is 7.64. The fourth-order valence-electron chi connectivity index (χ4n) is 5.39. The lowest BCUT2D eigenvalue weighted by Gasteiger charge is -2.22. The van der Waals surface area contributed by atoms with E-state index in [0.29, 0.717) is 30.7 Å². The van der Waals surface area contributed by atoms with E-state index in [-0.39, 0.29) is 48.8 Å². The lowest BCUT2D eigenvalue weighted by molar-refractivity contribution is -0.118. The van der Waals surface area contributed by atoms with Crippen LogP contribution in [-0.2, 0) is 32.0 Å². The van der Waals surface area contributed by atoms with Crippen molar-refractivity contribution in [3.8, 4) is 0 Å². The van der Waals surface area contributed by atoms with Gasteiger partial charge in [-0.15, -0.1) is 0 Å². The summed E-state index contributed by atoms with van der Waals surface area (Å²) >= 11 is 0. The molecule has 1 aliphatic heterocycles. The van der Waals surface area contributed by atoms with Crippen LogP contribution in [0.1, 0.15) is 57.8 Å². The Hall–Kier alpha value is -4.98. The smallest absolute Gasteiger partial charge is 0.417 e. The second-order valence-corrected chi connectivity index (χ2v) is 12.7. The number of rotatable bonds is 12. The molecule has 2 aromatic heterocycles. The van der Waals surface area contributed by atoms with Gasteiger partial charge in [0.15, 0.2) is 0 Å². The molecule has 0 saturated carbocycles. The number of fused-ring (bicyclic) bond motifs is 1. The number of pyridine rings is 1. The molecule has 252 valence electrons. The van der Waals surface area contributed by atoms with Crippen LogP contribution in [0.15, 0.2) is 53.5 Å². The summed E-state index contributed by atoms with van der Waals surface area (Å²) in [7, 11) is 0. The SMILES string of the molecule is CC(C)(C)Cc1cccc2c1nc(Cn1cccc(NC(=O)[C@H](CC/C=C/C(N)=O)NC(=O)OCC3CCOCC3)c1=O)n2C(=O)O. The molecule has 14 heteroatoms. The highest BCUT2D eigenvalue weighted by Gasteiger charge is 2.25. The summed E-state index contributed by atoms with van der Waals surface area (Å²) in [5, 5.41) is 15.2. The summed E-state index contributed by atoms with van der Waals surface area (Å²) in [6.07, 6.45) is 4.57. The van der Waals surface area contributed by atoms with Gasteiger partial charge in [-0.05, 0) is 73.3 Å². The number of carboxylic acid groups (broad SMARTS) is 1. The van der Waals surface area contributed by atoms with Crippen LogP contribution in [0.2, 0.25) is 0 Å². The maximum absolute atomic E-state index is 13.5. The third-order valence-corrected chi connectivity index (χ3v) is 7.64. The first-order valence-electron chi connectivity index (χ1n) is 15.5. The van der Waals surface area contributed by atoms with E-state index in [2.05, 4.69) is 36.4 Å². The summed E-state index contributed by atoms with van der Waals surface area (Å²) in [5.41, 5.74) is 6.23. The minimum atomic E-state index is -1.24. The molecule has 1 fully saturated rings. The Labute approximate surface area is 271 Å². The van der Waals surface area contributed by atoms with Crippen LogP contribution >= 0.6 is 0 Å². The third kappa shape index (κ3) is 9.75. The number of nitrogens with two attached hydrogens (primary N) is 1. The molecule has 0 spiro atoms. The van der Waals surface area contributed by atoms with Gasteiger partial charge in [-0.25, -0.2) is 19.1 Å². The number of carbonyl (C=O) groups excluding carboxylic acids is 3. The van der Waals surface area contributed by atoms with Crippen LogP contribution in [-0.4, -0.2) is 69.1 Å². The van der Waals surface area contributed by atoms with Gasteiger partial charge >= 0.3 is 12.2 Å². The van der Waals surface area contributed by atoms with Gasteiger partial charge in [0.2, 0.25) is 11.8 Å². The van der Waals surface area contributed by atoms with Crippen LogP contribution in [0.25, 0.3) is 11.0 Å². The Balaban J connectivity index is 1.53. The van der Waals surface area contributed by atoms with Crippen LogP contribution in [0.3, 0.4) is 0 Å². The molecule has 0 bridgehead atoms. The summed E-state index contributed by atoms with van der Waals surface area (Å²) in [6, 6.07) is 7.20. The van der Waals surface area contributed by atoms with Crippen molar-refractivity contribution in [2.45, 2.75) is 65.5 Å². The van der Waals surface area contributed by atoms with Crippen molar-refractivity contribution in [2.24, 2.45) is 17.1 Å². The van der Waals surface area contributed by atoms with Crippen LogP contribution < -0.4 is 21.9 Å². The van der Waals surface area contributed by atoms with Crippen LogP contribution in [0.5, 0.6) is 0 Å². The fourth-order valence-corrected chi connectivity index (χ4v) is 5.39. The molecule has 3 amide bonds. The molecule has 4 rings (SSSR count). The molecule has 1 aliphatic rings. The first kappa shape index (κ1) is 34.9. The highest BCUT2D eigenvalue weighted by Crippen LogP contribution is 2.27. The van der Waals surface area contributed by atoms with Gasteiger partial charge in [-0.2, -0.15) is 0 Å². The topological polar surface area (TPSA) is 197 Å². The fraction of sp³-hybridized carbons (Fsp3) is 0.455. The number of hydrogen-bond donors (Lipinski definition) is 4. The number of nitrogens with zero attached hydrogens (tertiary/aromatic N) is 3. The van der Waals surface area contributed by atoms with Gasteiger partial charge in [0.05, 0.1) is 24.2 Å². The molecule has 1 saturated heterocycles. The van der Waals surface area contributed by atoms with E-state index in [1.807, 2.05) is 6.07 Å². The Morgan fingerprint density at radius 3 is 2.60 bits per heavy atom. The lowest BCUT2D eigenvalue weighted by Crippen LogP contribution is -2.45. The standard InChI is InChI=1S/C33H42N6O8/c1-33(2,3)18-22-8-6-11-25-28(22)37-27(39(25)32(44)45)19-38-15-7-10-24(30(38)42)35-29(41)23(9-4-5-12-26(34)40)36-31(43)47-20-21-13-16-46-17-14-21/h5-8,10-12,15,21,23H,4,9,13-14,16-20H2,1-3H3,(H2,34,40)(H,35,41)(H,36,43)(H,44,45)/b12-5+/t23-/m0/s1. The van der Waals surface area contributed by atoms with Crippen molar-refractivity contribution in [3.05, 3.63) is 70.4 Å². The van der Waals surface area contributed by atoms with Crippen LogP contribution in [0, 0.1) is 11.3 Å². The highest BCUT2D eigenvalue weighted by molar-refractivity contribution is 5.96. The van der Waals surface area contributed by atoms with Crippen LogP contribution in [0.4, 0.5) is 15.3 Å². The summed E-state index contributed by atoms with van der Waals surface area (Å²) < 4.78 is 13.0. The van der Waals surface area contributed by atoms with Crippen molar-refractivity contribution in [3.63, 3.8) is 0 Å². The van der Waals surface area contributed by atoms with E-state index in [9.17, 15) is 29.1 Å². The monoisotopic (exact) mass is 650 g/mol. The van der Waals surface area contributed by atoms with Crippen molar-refractivity contribution in [1.82, 2.24) is 19.4 Å². The van der Waals surface area contributed by atoms with Gasteiger partial charge in [-0.3, -0.25) is 14.4 Å². The average Bonchev–Trinajstić information content (AvgIpc) is 3.38. The molecule has 0 unspecified atom stereocenters. The number of imidazole rings is 1. The number of anilines is 1. The molecule has 14 nitrogen and oxygen atoms in total. The molecule has 0 aliphatic carbocycles. The molecule has 1 atom stereocenters. The molecular formula is C33H42N6O8. The predicted molar refractivity (Wildman–Crippen MR) is 174 cm³/mol. The Morgan fingerprint density at radius 1 is 1.17 bits per heavy atom. The number of allylic oxidation sites excluding steroid dienone is 1. The number of alkyl carbamates (subject to hydrolysis) is 1. The number of hydrogen-bond acceptors (Lipinski definition) is 8. The zero-order valence-electron chi connectivity index (χ0n) is 26.9. The molecule has 47 heavy (non-hydrogen) atoms. The Morgan fingerprint density at radius 2 is 1.91 bits per heavy atom. The maximum Gasteiger partial charge on any atom is 0.417 e. The van der Waals surface area contributed by atoms with Gasteiger partial charge in [-0.1, -0.05) is 39.0 Å². The molecule has 0 radical (unpaired) electrons. The highest BCUT2D eigenvalue weighted by atomic mass is 16.5. The predicted octanol–water partition coefficient (Wildman–Crippen LogP) is 3.64. The van der Waals surface area contributed by atoms with Gasteiger partial charge in [0.1, 0.15) is 17.6 Å². The quantitative estimate of drug-likeness (QED) is 0.212. The number of carbonyl (C=O) groups is 4. The van der Waals surface area contributed by atoms with Gasteiger partial charge in [0.25, 0.3) is 5.56 Å². The second kappa shape index (κ2) is 15.5. The summed E-state index contributed by atoms with van der Waals surface area (Å²) in [4.78, 5) is 67.5. The minimum Gasteiger partial charge on any atom is -0.464 e. The van der Waals surface area contributed by atoms with Crippen molar-refractivity contribution in [1.29, 1.82) is 0 Å². The number of nitrogens with one attached hydrogen (secondary N) is 2. The van der Waals surface area contributed by atoms with E-state index in [1.165, 1.54) is 29.0 Å². The number of para-hydroxylation sites is 1. The number of primary amides is 1. The molecule has 5 N–H and O–H groups in total. The minimum absolute atomic E-state index is 0.0721. The van der Waals surface area contributed by atoms with Crippen molar-refractivity contribution < 1.29 is 33.8 Å². The first-order chi connectivity index (χ1) is 22.3. The van der Waals surface area contributed by atoms with E-state index in [1.54, 1.807) is 12.1 Å². The number of ether oxygens (including phenoxy) is 2. The van der Waals surface area contributed by atoms with Gasteiger partial charge in [0, 0.05) is 19.4 Å². The van der Waals surface area contributed by atoms with E-state index >= 15 is 0 Å². The number of benzene rings is 1. The van der Waals surface area contributed by atoms with Crippen molar-refractivity contribution in [2.75, 3.05) is 25.1 Å². The average molecular weight is 651 g/mol. The van der Waals surface area contributed by atoms with E-state index in [4.69, 9.17) is 15.2 Å². The van der Waals surface area contributed by atoms with E-state index in [0.717, 1.165) is 29.0 Å². The lowest BCUT2D eigenvalue weighted by atomic mass is 9.88. The Kier molecular flexibility index (Phi) is 11.5. The van der Waals surface area contributed by atoms with E-state index < -0.39 is 35.6 Å². The maximum atomic E-state index is 13.5. The first-order valence-corrected chi connectivity index (χ1v) is 15.5. The van der Waals surface area contributed by atoms with Crippen molar-refractivity contribution >= 4 is 40.7 Å². The summed E-state index contributed by atoms with van der Waals surface area (Å²) in [5.74, 6) is -1.04. The number of aromatic nitrogens is 3. The number of amides is 3. The zero-order valence-corrected chi connectivity index (χ0v) is 26.9. The largest absolute Gasteiger partial charge is 0.464 e. The zero-order chi connectivity index (χ0) is 34.1. The molecule has 3 heterocycles. The molecule has 3 aromatic rings. The molecule has 1 aromatic carbocycles.